The van der Waals surface area contributed by atoms with E-state index in [0.29, 0.717) is 34.8 Å². The first-order valence-electron chi connectivity index (χ1n) is 15.6. The molecule has 3 N–H and O–H groups in total. The number of ether oxygens (including phenoxy) is 2. The molecule has 41 heavy (non-hydrogen) atoms. The molecule has 2 fully saturated rings. The molecule has 3 aliphatic carbocycles. The van der Waals surface area contributed by atoms with Crippen LogP contribution in [-0.4, -0.2) is 43.4 Å². The van der Waals surface area contributed by atoms with Gasteiger partial charge in [-0.3, -0.25) is 9.59 Å². The summed E-state index contributed by atoms with van der Waals surface area (Å²) in [6.45, 7) is 3.11. The Morgan fingerprint density at radius 3 is 2.17 bits per heavy atom. The van der Waals surface area contributed by atoms with Crippen molar-refractivity contribution in [2.45, 2.75) is 96.2 Å². The zero-order chi connectivity index (χ0) is 28.9. The maximum atomic E-state index is 13.4. The van der Waals surface area contributed by atoms with Crippen LogP contribution in [0.15, 0.2) is 30.3 Å². The van der Waals surface area contributed by atoms with Crippen LogP contribution < -0.4 is 11.1 Å². The molecule has 2 saturated carbocycles. The molecule has 0 bridgehead atoms. The minimum Gasteiger partial charge on any atom is -0.459 e. The van der Waals surface area contributed by atoms with Crippen LogP contribution in [0.25, 0.3) is 0 Å². The van der Waals surface area contributed by atoms with Gasteiger partial charge in [-0.05, 0) is 62.8 Å². The number of carbonyl (C=O) groups excluding carboxylic acids is 3. The van der Waals surface area contributed by atoms with Crippen LogP contribution in [0.4, 0.5) is 11.4 Å². The zero-order valence-corrected chi connectivity index (χ0v) is 24.5. The molecule has 0 spiro atoms. The third-order valence-corrected chi connectivity index (χ3v) is 9.37. The molecule has 2 aromatic rings. The van der Waals surface area contributed by atoms with Gasteiger partial charge < -0.3 is 20.5 Å². The Bertz CT molecular complexity index is 1290. The minimum atomic E-state index is -0.541. The number of hydrogen-bond acceptors (Lipinski definition) is 7. The fourth-order valence-electron chi connectivity index (χ4n) is 7.09. The van der Waals surface area contributed by atoms with E-state index in [4.69, 9.17) is 15.2 Å². The van der Waals surface area contributed by atoms with Crippen molar-refractivity contribution >= 4 is 28.9 Å². The molecule has 5 rings (SSSR count). The van der Waals surface area contributed by atoms with Crippen molar-refractivity contribution in [3.63, 3.8) is 0 Å². The number of nitrogen functional groups attached to an aromatic ring is 1. The summed E-state index contributed by atoms with van der Waals surface area (Å²) >= 11 is 0. The maximum absolute atomic E-state index is 13.4. The molecular weight excluding hydrogens is 516 g/mol. The fraction of sp³-hybridized carbons (Fsp3) is 0.559. The SMILES string of the molecule is CCCCCCCCOC1CCC2C[C@H](OC(=O)c3cc(NC)c4c(c3N)C(=O)c3ccccc3C4=O)CC[C@@H]2C1. The molecule has 0 heterocycles. The highest BCUT2D eigenvalue weighted by atomic mass is 16.5. The summed E-state index contributed by atoms with van der Waals surface area (Å²) in [6.07, 6.45) is 13.8. The maximum Gasteiger partial charge on any atom is 0.340 e. The molecule has 220 valence electrons. The monoisotopic (exact) mass is 560 g/mol. The van der Waals surface area contributed by atoms with Crippen LogP contribution in [0.1, 0.15) is 126 Å². The molecule has 0 aromatic heterocycles. The molecular formula is C34H44N2O5. The molecule has 0 saturated heterocycles. The lowest BCUT2D eigenvalue weighted by molar-refractivity contribution is -0.0406. The molecule has 3 aliphatic rings. The van der Waals surface area contributed by atoms with Gasteiger partial charge in [0.1, 0.15) is 6.10 Å². The van der Waals surface area contributed by atoms with Gasteiger partial charge in [-0.2, -0.15) is 0 Å². The molecule has 0 radical (unpaired) electrons. The van der Waals surface area contributed by atoms with Gasteiger partial charge in [0.2, 0.25) is 0 Å². The van der Waals surface area contributed by atoms with Gasteiger partial charge >= 0.3 is 5.97 Å². The minimum absolute atomic E-state index is 0.00793. The highest BCUT2D eigenvalue weighted by Crippen LogP contribution is 2.43. The lowest BCUT2D eigenvalue weighted by Crippen LogP contribution is -2.37. The molecule has 2 unspecified atom stereocenters. The second-order valence-electron chi connectivity index (χ2n) is 12.0. The van der Waals surface area contributed by atoms with E-state index < -0.39 is 5.97 Å². The lowest BCUT2D eigenvalue weighted by atomic mass is 9.69. The topological polar surface area (TPSA) is 108 Å². The average molecular weight is 561 g/mol. The van der Waals surface area contributed by atoms with Crippen molar-refractivity contribution < 1.29 is 23.9 Å². The van der Waals surface area contributed by atoms with Gasteiger partial charge in [-0.15, -0.1) is 0 Å². The second-order valence-corrected chi connectivity index (χ2v) is 12.0. The van der Waals surface area contributed by atoms with Crippen molar-refractivity contribution in [1.82, 2.24) is 0 Å². The largest absolute Gasteiger partial charge is 0.459 e. The Balaban J connectivity index is 1.19. The Hall–Kier alpha value is -3.19. The van der Waals surface area contributed by atoms with E-state index in [1.807, 2.05) is 0 Å². The number of anilines is 2. The van der Waals surface area contributed by atoms with Gasteiger partial charge in [0.05, 0.1) is 28.5 Å². The van der Waals surface area contributed by atoms with E-state index in [1.165, 1.54) is 32.1 Å². The van der Waals surface area contributed by atoms with E-state index in [1.54, 1.807) is 37.4 Å². The van der Waals surface area contributed by atoms with Crippen LogP contribution in [0.5, 0.6) is 0 Å². The second kappa shape index (κ2) is 13.2. The van der Waals surface area contributed by atoms with Gasteiger partial charge in [0.15, 0.2) is 11.6 Å². The zero-order valence-electron chi connectivity index (χ0n) is 24.5. The summed E-state index contributed by atoms with van der Waals surface area (Å²) in [4.78, 5) is 40.1. The number of hydrogen-bond donors (Lipinski definition) is 2. The van der Waals surface area contributed by atoms with E-state index in [2.05, 4.69) is 12.2 Å². The fourth-order valence-corrected chi connectivity index (χ4v) is 7.09. The summed E-state index contributed by atoms with van der Waals surface area (Å²) in [6, 6.07) is 8.26. The summed E-state index contributed by atoms with van der Waals surface area (Å²) in [5.41, 5.74) is 7.90. The third kappa shape index (κ3) is 6.20. The van der Waals surface area contributed by atoms with Crippen molar-refractivity contribution in [3.05, 3.63) is 58.1 Å². The Kier molecular flexibility index (Phi) is 9.43. The quantitative estimate of drug-likeness (QED) is 0.148. The number of fused-ring (bicyclic) bond motifs is 3. The van der Waals surface area contributed by atoms with Crippen molar-refractivity contribution in [3.8, 4) is 0 Å². The predicted molar refractivity (Wildman–Crippen MR) is 161 cm³/mol. The van der Waals surface area contributed by atoms with E-state index in [0.717, 1.165) is 51.6 Å². The number of nitrogens with one attached hydrogen (secondary N) is 1. The molecule has 0 amide bonds. The number of carbonyl (C=O) groups is 3. The number of ketones is 2. The van der Waals surface area contributed by atoms with Gasteiger partial charge in [-0.1, -0.05) is 63.3 Å². The number of benzene rings is 2. The Morgan fingerprint density at radius 1 is 0.878 bits per heavy atom. The lowest BCUT2D eigenvalue weighted by Gasteiger charge is -2.41. The Labute approximate surface area is 243 Å². The third-order valence-electron chi connectivity index (χ3n) is 9.37. The first kappa shape index (κ1) is 29.3. The van der Waals surface area contributed by atoms with Crippen molar-refractivity contribution in [2.75, 3.05) is 24.7 Å². The number of nitrogens with two attached hydrogens (primary N) is 1. The first-order chi connectivity index (χ1) is 19.9. The highest BCUT2D eigenvalue weighted by Gasteiger charge is 2.39. The van der Waals surface area contributed by atoms with Gasteiger partial charge in [-0.25, -0.2) is 4.79 Å². The summed E-state index contributed by atoms with van der Waals surface area (Å²) < 4.78 is 12.3. The normalized spacial score (nSPS) is 23.4. The Morgan fingerprint density at radius 2 is 1.49 bits per heavy atom. The van der Waals surface area contributed by atoms with Crippen LogP contribution in [-0.2, 0) is 9.47 Å². The van der Waals surface area contributed by atoms with Crippen molar-refractivity contribution in [2.24, 2.45) is 11.8 Å². The number of rotatable bonds is 11. The molecule has 7 nitrogen and oxygen atoms in total. The van der Waals surface area contributed by atoms with E-state index >= 15 is 0 Å². The highest BCUT2D eigenvalue weighted by molar-refractivity contribution is 6.32. The first-order valence-corrected chi connectivity index (χ1v) is 15.6. The summed E-state index contributed by atoms with van der Waals surface area (Å²) in [5.74, 6) is -0.0345. The molecule has 0 aliphatic heterocycles. The van der Waals surface area contributed by atoms with Crippen LogP contribution in [0, 0.1) is 11.8 Å². The van der Waals surface area contributed by atoms with Gasteiger partial charge in [0, 0.05) is 30.5 Å². The van der Waals surface area contributed by atoms with E-state index in [-0.39, 0.29) is 40.0 Å². The number of esters is 1. The van der Waals surface area contributed by atoms with Crippen LogP contribution in [0.2, 0.25) is 0 Å². The standard InChI is InChI=1S/C34H44N2O5/c1-3-4-5-6-7-10-17-40-23-15-13-22-19-24(16-14-21(22)18-23)41-34(39)27-20-28(36-2)29-30(31(27)35)33(38)26-12-9-8-11-25(26)32(29)37/h8-9,11-12,20-24,36H,3-7,10,13-19,35H2,1-2H3/t21-,22?,23?,24-/m1/s1. The smallest absolute Gasteiger partial charge is 0.340 e. The van der Waals surface area contributed by atoms with Crippen molar-refractivity contribution in [1.29, 1.82) is 0 Å². The molecule has 7 heteroatoms. The molecule has 4 atom stereocenters. The molecule has 2 aromatic carbocycles. The van der Waals surface area contributed by atoms with E-state index in [9.17, 15) is 14.4 Å². The number of unbranched alkanes of at least 4 members (excludes halogenated alkanes) is 5. The summed E-state index contributed by atoms with van der Waals surface area (Å²) in [7, 11) is 1.66. The van der Waals surface area contributed by atoms with Crippen LogP contribution >= 0.6 is 0 Å². The predicted octanol–water partition coefficient (Wildman–Crippen LogP) is 6.96. The van der Waals surface area contributed by atoms with Crippen LogP contribution in [0.3, 0.4) is 0 Å². The van der Waals surface area contributed by atoms with Gasteiger partial charge in [0.25, 0.3) is 0 Å². The average Bonchev–Trinajstić information content (AvgIpc) is 2.99. The summed E-state index contributed by atoms with van der Waals surface area (Å²) in [5, 5.41) is 2.99.